The molecule has 0 atom stereocenters. The van der Waals surface area contributed by atoms with Gasteiger partial charge in [-0.25, -0.2) is 8.42 Å². The van der Waals surface area contributed by atoms with Gasteiger partial charge >= 0.3 is 0 Å². The largest absolute Gasteiger partial charge is 0.399 e. The van der Waals surface area contributed by atoms with E-state index in [-0.39, 0.29) is 12.3 Å². The molecule has 0 aliphatic heterocycles. The van der Waals surface area contributed by atoms with E-state index in [1.54, 1.807) is 32.9 Å². The lowest BCUT2D eigenvalue weighted by atomic mass is 10.1. The minimum absolute atomic E-state index is 0.0476. The summed E-state index contributed by atoms with van der Waals surface area (Å²) < 4.78 is 25.9. The molecule has 0 aliphatic carbocycles. The van der Waals surface area contributed by atoms with Crippen molar-refractivity contribution in [3.8, 4) is 0 Å². The molecule has 5 nitrogen and oxygen atoms in total. The lowest BCUT2D eigenvalue weighted by molar-refractivity contribution is 0.0602. The summed E-state index contributed by atoms with van der Waals surface area (Å²) in [6, 6.07) is 7.34. The number of nitrogens with zero attached hydrogens (tertiary/aromatic N) is 1. The highest BCUT2D eigenvalue weighted by Crippen LogP contribution is 2.20. The summed E-state index contributed by atoms with van der Waals surface area (Å²) in [4.78, 5) is 0.991. The van der Waals surface area contributed by atoms with Crippen LogP contribution in [0.5, 0.6) is 0 Å². The predicted molar refractivity (Wildman–Crippen MR) is 88.9 cm³/mol. The van der Waals surface area contributed by atoms with Crippen LogP contribution in [0.25, 0.3) is 0 Å². The molecule has 0 heterocycles. The fourth-order valence-corrected chi connectivity index (χ4v) is 4.70. The molecule has 0 spiro atoms. The quantitative estimate of drug-likeness (QED) is 0.560. The Morgan fingerprint density at radius 2 is 1.86 bits per heavy atom. The van der Waals surface area contributed by atoms with Crippen molar-refractivity contribution in [1.82, 2.24) is 4.31 Å². The number of aliphatic hydroxyl groups is 1. The first kappa shape index (κ1) is 18.3. The molecule has 1 rings (SSSR count). The Bertz CT molecular complexity index is 536. The van der Waals surface area contributed by atoms with Crippen molar-refractivity contribution in [3.05, 3.63) is 24.3 Å². The van der Waals surface area contributed by atoms with Crippen molar-refractivity contribution in [2.24, 2.45) is 0 Å². The Morgan fingerprint density at radius 3 is 2.33 bits per heavy atom. The van der Waals surface area contributed by atoms with Crippen LogP contribution in [0.2, 0.25) is 0 Å². The van der Waals surface area contributed by atoms with Crippen molar-refractivity contribution in [1.29, 1.82) is 0 Å². The van der Waals surface area contributed by atoms with Crippen molar-refractivity contribution >= 4 is 27.5 Å². The summed E-state index contributed by atoms with van der Waals surface area (Å²) in [7, 11) is -3.36. The van der Waals surface area contributed by atoms with Crippen LogP contribution in [0.15, 0.2) is 29.2 Å². The van der Waals surface area contributed by atoms with Crippen LogP contribution in [0.4, 0.5) is 5.69 Å². The smallest absolute Gasteiger partial charge is 0.215 e. The molecule has 21 heavy (non-hydrogen) atoms. The third-order valence-corrected chi connectivity index (χ3v) is 5.97. The molecule has 0 saturated carbocycles. The van der Waals surface area contributed by atoms with Crippen LogP contribution >= 0.6 is 11.8 Å². The third kappa shape index (κ3) is 6.69. The highest BCUT2D eigenvalue weighted by Gasteiger charge is 2.26. The average molecular weight is 332 g/mol. The molecule has 0 aliphatic rings. The maximum absolute atomic E-state index is 12.3. The molecule has 3 N–H and O–H groups in total. The topological polar surface area (TPSA) is 83.6 Å². The van der Waals surface area contributed by atoms with Gasteiger partial charge in [-0.15, -0.1) is 11.8 Å². The molecule has 120 valence electrons. The van der Waals surface area contributed by atoms with Gasteiger partial charge in [0, 0.05) is 29.4 Å². The SMILES string of the molecule is CCN(CC(C)(C)O)S(=O)(=O)CCSc1ccc(N)cc1. The molecular weight excluding hydrogens is 308 g/mol. The Morgan fingerprint density at radius 1 is 1.29 bits per heavy atom. The number of hydrogen-bond acceptors (Lipinski definition) is 5. The Balaban J connectivity index is 2.57. The Kier molecular flexibility index (Phi) is 6.52. The molecule has 0 fully saturated rings. The molecule has 0 amide bonds. The van der Waals surface area contributed by atoms with Gasteiger partial charge in [-0.2, -0.15) is 4.31 Å². The van der Waals surface area contributed by atoms with E-state index in [0.29, 0.717) is 18.0 Å². The van der Waals surface area contributed by atoms with Gasteiger partial charge in [0.15, 0.2) is 0 Å². The van der Waals surface area contributed by atoms with Gasteiger partial charge in [0.1, 0.15) is 0 Å². The Hall–Kier alpha value is -0.760. The van der Waals surface area contributed by atoms with E-state index in [2.05, 4.69) is 0 Å². The first-order valence-electron chi connectivity index (χ1n) is 6.82. The number of rotatable bonds is 8. The highest BCUT2D eigenvalue weighted by atomic mass is 32.2. The summed E-state index contributed by atoms with van der Waals surface area (Å²) in [5, 5.41) is 9.79. The lowest BCUT2D eigenvalue weighted by Gasteiger charge is -2.27. The zero-order valence-electron chi connectivity index (χ0n) is 12.7. The van der Waals surface area contributed by atoms with Gasteiger partial charge in [0.2, 0.25) is 10.0 Å². The van der Waals surface area contributed by atoms with Crippen LogP contribution in [-0.4, -0.2) is 48.0 Å². The molecule has 0 aromatic heterocycles. The van der Waals surface area contributed by atoms with E-state index < -0.39 is 15.6 Å². The van der Waals surface area contributed by atoms with Gasteiger partial charge in [-0.05, 0) is 38.1 Å². The number of nitrogens with two attached hydrogens (primary N) is 1. The van der Waals surface area contributed by atoms with Crippen molar-refractivity contribution in [2.75, 3.05) is 30.3 Å². The second-order valence-electron chi connectivity index (χ2n) is 5.47. The monoisotopic (exact) mass is 332 g/mol. The molecule has 1 aromatic carbocycles. The average Bonchev–Trinajstić information content (AvgIpc) is 2.37. The molecule has 7 heteroatoms. The summed E-state index contributed by atoms with van der Waals surface area (Å²) in [6.45, 7) is 5.45. The first-order chi connectivity index (χ1) is 9.64. The van der Waals surface area contributed by atoms with Gasteiger partial charge in [-0.1, -0.05) is 6.92 Å². The maximum Gasteiger partial charge on any atom is 0.215 e. The van der Waals surface area contributed by atoms with Gasteiger partial charge in [0.05, 0.1) is 11.4 Å². The molecular formula is C14H24N2O3S2. The van der Waals surface area contributed by atoms with Gasteiger partial charge in [-0.3, -0.25) is 0 Å². The van der Waals surface area contributed by atoms with Gasteiger partial charge in [0.25, 0.3) is 0 Å². The van der Waals surface area contributed by atoms with Crippen LogP contribution in [-0.2, 0) is 10.0 Å². The van der Waals surface area contributed by atoms with Crippen LogP contribution in [0, 0.1) is 0 Å². The normalized spacial score (nSPS) is 12.8. The number of sulfonamides is 1. The van der Waals surface area contributed by atoms with E-state index in [9.17, 15) is 13.5 Å². The van der Waals surface area contributed by atoms with E-state index in [1.165, 1.54) is 16.1 Å². The number of anilines is 1. The third-order valence-electron chi connectivity index (χ3n) is 2.80. The molecule has 0 unspecified atom stereocenters. The summed E-state index contributed by atoms with van der Waals surface area (Å²) in [6.07, 6.45) is 0. The van der Waals surface area contributed by atoms with E-state index in [0.717, 1.165) is 4.90 Å². The van der Waals surface area contributed by atoms with Crippen molar-refractivity contribution < 1.29 is 13.5 Å². The highest BCUT2D eigenvalue weighted by molar-refractivity contribution is 8.00. The molecule has 0 radical (unpaired) electrons. The lowest BCUT2D eigenvalue weighted by Crippen LogP contribution is -2.43. The minimum Gasteiger partial charge on any atom is -0.399 e. The number of nitrogen functional groups attached to an aromatic ring is 1. The first-order valence-corrected chi connectivity index (χ1v) is 9.42. The minimum atomic E-state index is -3.36. The van der Waals surface area contributed by atoms with E-state index in [1.807, 2.05) is 12.1 Å². The number of benzene rings is 1. The number of likely N-dealkylation sites (N-methyl/N-ethyl adjacent to an activating group) is 1. The van der Waals surface area contributed by atoms with E-state index >= 15 is 0 Å². The second kappa shape index (κ2) is 7.49. The number of hydrogen-bond donors (Lipinski definition) is 2. The fourth-order valence-electron chi connectivity index (χ4n) is 1.80. The zero-order chi connectivity index (χ0) is 16.1. The van der Waals surface area contributed by atoms with Crippen molar-refractivity contribution in [2.45, 2.75) is 31.3 Å². The number of thioether (sulfide) groups is 1. The fraction of sp³-hybridized carbons (Fsp3) is 0.571. The second-order valence-corrected chi connectivity index (χ2v) is 8.73. The van der Waals surface area contributed by atoms with Gasteiger partial charge < -0.3 is 10.8 Å². The predicted octanol–water partition coefficient (Wildman–Crippen LogP) is 1.78. The van der Waals surface area contributed by atoms with Crippen LogP contribution in [0.3, 0.4) is 0 Å². The molecule has 1 aromatic rings. The molecule has 0 bridgehead atoms. The van der Waals surface area contributed by atoms with Crippen LogP contribution < -0.4 is 5.73 Å². The summed E-state index contributed by atoms with van der Waals surface area (Å²) in [5.41, 5.74) is 5.26. The summed E-state index contributed by atoms with van der Waals surface area (Å²) in [5.74, 6) is 0.514. The standard InChI is InChI=1S/C14H24N2O3S2/c1-4-16(11-14(2,3)17)21(18,19)10-9-20-13-7-5-12(15)6-8-13/h5-8,17H,4,9-11,15H2,1-3H3. The van der Waals surface area contributed by atoms with Crippen LogP contribution in [0.1, 0.15) is 20.8 Å². The van der Waals surface area contributed by atoms with E-state index in [4.69, 9.17) is 5.73 Å². The maximum atomic E-state index is 12.3. The molecule has 0 saturated heterocycles. The zero-order valence-corrected chi connectivity index (χ0v) is 14.4. The Labute approximate surface area is 131 Å². The van der Waals surface area contributed by atoms with Crippen molar-refractivity contribution in [3.63, 3.8) is 0 Å². The summed E-state index contributed by atoms with van der Waals surface area (Å²) >= 11 is 1.48.